The highest BCUT2D eigenvalue weighted by Crippen LogP contribution is 2.25. The summed E-state index contributed by atoms with van der Waals surface area (Å²) in [5.74, 6) is 0. The van der Waals surface area contributed by atoms with Crippen molar-refractivity contribution in [1.29, 1.82) is 0 Å². The van der Waals surface area contributed by atoms with Gasteiger partial charge in [0, 0.05) is 22.7 Å². The normalized spacial score (nSPS) is 20.5. The molecule has 4 heteroatoms. The van der Waals surface area contributed by atoms with Gasteiger partial charge in [0.05, 0.1) is 5.02 Å². The molecule has 15 heavy (non-hydrogen) atoms. The van der Waals surface area contributed by atoms with Crippen molar-refractivity contribution in [3.05, 3.63) is 27.7 Å². The molecule has 1 aromatic carbocycles. The highest BCUT2D eigenvalue weighted by Gasteiger charge is 2.13. The standard InChI is InChI=1S/C11H14BrClN2/c12-10-4-3-8(6-11(10)13)15-7-9-2-1-5-14-9/h3-4,6,9,14-15H,1-2,5,7H2. The minimum Gasteiger partial charge on any atom is -0.383 e. The average Bonchev–Trinajstić information content (AvgIpc) is 2.73. The third-order valence-corrected chi connectivity index (χ3v) is 3.87. The lowest BCUT2D eigenvalue weighted by Crippen LogP contribution is -2.29. The van der Waals surface area contributed by atoms with E-state index >= 15 is 0 Å². The Labute approximate surface area is 104 Å². The molecule has 82 valence electrons. The van der Waals surface area contributed by atoms with Crippen molar-refractivity contribution < 1.29 is 0 Å². The summed E-state index contributed by atoms with van der Waals surface area (Å²) in [6, 6.07) is 6.55. The van der Waals surface area contributed by atoms with Crippen LogP contribution >= 0.6 is 27.5 Å². The van der Waals surface area contributed by atoms with Crippen molar-refractivity contribution in [3.63, 3.8) is 0 Å². The first-order valence-corrected chi connectivity index (χ1v) is 6.35. The van der Waals surface area contributed by atoms with Gasteiger partial charge in [0.2, 0.25) is 0 Å². The maximum atomic E-state index is 6.01. The first-order valence-electron chi connectivity index (χ1n) is 5.18. The SMILES string of the molecule is Clc1cc(NCC2CCCN2)ccc1Br. The molecule has 2 rings (SSSR count). The van der Waals surface area contributed by atoms with Gasteiger partial charge >= 0.3 is 0 Å². The number of anilines is 1. The molecule has 1 aromatic rings. The molecular weight excluding hydrogens is 275 g/mol. The zero-order chi connectivity index (χ0) is 10.7. The van der Waals surface area contributed by atoms with Gasteiger partial charge in [-0.3, -0.25) is 0 Å². The van der Waals surface area contributed by atoms with Crippen LogP contribution in [0.3, 0.4) is 0 Å². The fourth-order valence-corrected chi connectivity index (χ4v) is 2.21. The van der Waals surface area contributed by atoms with E-state index in [-0.39, 0.29) is 0 Å². The molecule has 1 unspecified atom stereocenters. The summed E-state index contributed by atoms with van der Waals surface area (Å²) in [5, 5.41) is 7.58. The van der Waals surface area contributed by atoms with Gasteiger partial charge in [0.1, 0.15) is 0 Å². The number of hydrogen-bond donors (Lipinski definition) is 2. The summed E-state index contributed by atoms with van der Waals surface area (Å²) < 4.78 is 0.939. The Morgan fingerprint density at radius 2 is 2.40 bits per heavy atom. The number of rotatable bonds is 3. The molecule has 2 N–H and O–H groups in total. The maximum absolute atomic E-state index is 6.01. The molecule has 2 nitrogen and oxygen atoms in total. The van der Waals surface area contributed by atoms with Crippen LogP contribution in [0.25, 0.3) is 0 Å². The summed E-state index contributed by atoms with van der Waals surface area (Å²) in [7, 11) is 0. The lowest BCUT2D eigenvalue weighted by atomic mass is 10.2. The van der Waals surface area contributed by atoms with E-state index in [2.05, 4.69) is 26.6 Å². The Bertz CT molecular complexity index is 337. The fraction of sp³-hybridized carbons (Fsp3) is 0.455. The molecule has 0 radical (unpaired) electrons. The van der Waals surface area contributed by atoms with E-state index in [1.54, 1.807) is 0 Å². The average molecular weight is 290 g/mol. The molecule has 1 fully saturated rings. The van der Waals surface area contributed by atoms with Crippen LogP contribution < -0.4 is 10.6 Å². The third kappa shape index (κ3) is 3.10. The van der Waals surface area contributed by atoms with E-state index in [9.17, 15) is 0 Å². The second-order valence-electron chi connectivity index (χ2n) is 3.80. The quantitative estimate of drug-likeness (QED) is 0.892. The number of benzene rings is 1. The van der Waals surface area contributed by atoms with Crippen molar-refractivity contribution >= 4 is 33.2 Å². The highest BCUT2D eigenvalue weighted by atomic mass is 79.9. The second kappa shape index (κ2) is 5.19. The molecule has 1 heterocycles. The van der Waals surface area contributed by atoms with Gasteiger partial charge in [-0.2, -0.15) is 0 Å². The van der Waals surface area contributed by atoms with Crippen LogP contribution in [0, 0.1) is 0 Å². The van der Waals surface area contributed by atoms with Crippen LogP contribution in [0.4, 0.5) is 5.69 Å². The summed E-state index contributed by atoms with van der Waals surface area (Å²) in [6.45, 7) is 2.12. The van der Waals surface area contributed by atoms with Gasteiger partial charge in [-0.15, -0.1) is 0 Å². The highest BCUT2D eigenvalue weighted by molar-refractivity contribution is 9.10. The Kier molecular flexibility index (Phi) is 3.89. The molecule has 1 saturated heterocycles. The summed E-state index contributed by atoms with van der Waals surface area (Å²) >= 11 is 9.38. The Balaban J connectivity index is 1.90. The van der Waals surface area contributed by atoms with Gasteiger partial charge in [0.25, 0.3) is 0 Å². The first-order chi connectivity index (χ1) is 7.25. The van der Waals surface area contributed by atoms with E-state index in [4.69, 9.17) is 11.6 Å². The van der Waals surface area contributed by atoms with E-state index in [1.807, 2.05) is 18.2 Å². The second-order valence-corrected chi connectivity index (χ2v) is 5.06. The zero-order valence-electron chi connectivity index (χ0n) is 8.39. The molecule has 0 spiro atoms. The first kappa shape index (κ1) is 11.2. The lowest BCUT2D eigenvalue weighted by Gasteiger charge is -2.12. The van der Waals surface area contributed by atoms with Crippen LogP contribution in [0.5, 0.6) is 0 Å². The van der Waals surface area contributed by atoms with Crippen LogP contribution in [0.15, 0.2) is 22.7 Å². The molecule has 1 aliphatic rings. The minimum absolute atomic E-state index is 0.604. The van der Waals surface area contributed by atoms with Crippen molar-refractivity contribution in [2.75, 3.05) is 18.4 Å². The van der Waals surface area contributed by atoms with Gasteiger partial charge in [0.15, 0.2) is 0 Å². The molecule has 1 atom stereocenters. The van der Waals surface area contributed by atoms with Crippen molar-refractivity contribution in [2.45, 2.75) is 18.9 Å². The largest absolute Gasteiger partial charge is 0.383 e. The third-order valence-electron chi connectivity index (χ3n) is 2.63. The van der Waals surface area contributed by atoms with Gasteiger partial charge in [-0.1, -0.05) is 11.6 Å². The smallest absolute Gasteiger partial charge is 0.0568 e. The zero-order valence-corrected chi connectivity index (χ0v) is 10.7. The predicted molar refractivity (Wildman–Crippen MR) is 68.7 cm³/mol. The molecule has 0 saturated carbocycles. The van der Waals surface area contributed by atoms with Crippen molar-refractivity contribution in [2.24, 2.45) is 0 Å². The number of nitrogens with one attached hydrogen (secondary N) is 2. The van der Waals surface area contributed by atoms with Crippen LogP contribution in [-0.2, 0) is 0 Å². The van der Waals surface area contributed by atoms with Crippen LogP contribution in [-0.4, -0.2) is 19.1 Å². The minimum atomic E-state index is 0.604. The van der Waals surface area contributed by atoms with E-state index in [0.29, 0.717) is 6.04 Å². The topological polar surface area (TPSA) is 24.1 Å². The van der Waals surface area contributed by atoms with Gasteiger partial charge < -0.3 is 10.6 Å². The molecule has 0 aromatic heterocycles. The van der Waals surface area contributed by atoms with Crippen molar-refractivity contribution in [1.82, 2.24) is 5.32 Å². The Hall–Kier alpha value is -0.250. The number of hydrogen-bond acceptors (Lipinski definition) is 2. The fourth-order valence-electron chi connectivity index (χ4n) is 1.78. The van der Waals surface area contributed by atoms with Crippen molar-refractivity contribution in [3.8, 4) is 0 Å². The summed E-state index contributed by atoms with van der Waals surface area (Å²) in [5.41, 5.74) is 1.08. The number of halogens is 2. The van der Waals surface area contributed by atoms with Gasteiger partial charge in [-0.25, -0.2) is 0 Å². The van der Waals surface area contributed by atoms with Gasteiger partial charge in [-0.05, 0) is 53.5 Å². The Morgan fingerprint density at radius 3 is 3.07 bits per heavy atom. The molecule has 0 amide bonds. The molecular formula is C11H14BrClN2. The molecule has 1 aliphatic heterocycles. The van der Waals surface area contributed by atoms with Crippen LogP contribution in [0.1, 0.15) is 12.8 Å². The van der Waals surface area contributed by atoms with E-state index < -0.39 is 0 Å². The predicted octanol–water partition coefficient (Wildman–Crippen LogP) is 3.27. The molecule has 0 bridgehead atoms. The molecule has 0 aliphatic carbocycles. The van der Waals surface area contributed by atoms with Crippen LogP contribution in [0.2, 0.25) is 5.02 Å². The Morgan fingerprint density at radius 1 is 1.53 bits per heavy atom. The summed E-state index contributed by atoms with van der Waals surface area (Å²) in [4.78, 5) is 0. The van der Waals surface area contributed by atoms with E-state index in [1.165, 1.54) is 12.8 Å². The lowest BCUT2D eigenvalue weighted by molar-refractivity contribution is 0.633. The summed E-state index contributed by atoms with van der Waals surface area (Å²) in [6.07, 6.45) is 2.55. The monoisotopic (exact) mass is 288 g/mol. The van der Waals surface area contributed by atoms with E-state index in [0.717, 1.165) is 28.3 Å². The maximum Gasteiger partial charge on any atom is 0.0568 e.